The van der Waals surface area contributed by atoms with Gasteiger partial charge in [0.1, 0.15) is 6.10 Å². The standard InChI is InChI=1S/C20H29NO4/c1-13(21-2)10-14-6-7-17-19(23-14)11-15(22-17)18-16(12-19)24-20(25-18)8-4-3-5-9-20/h13-18H,3-12H2,1H3/t13-,14-,15-,16-,17+,18+,19-/m1/s1. The van der Waals surface area contributed by atoms with Crippen LogP contribution < -0.4 is 0 Å². The van der Waals surface area contributed by atoms with Crippen LogP contribution in [0.1, 0.15) is 71.1 Å². The average molecular weight is 347 g/mol. The number of hydrogen-bond acceptors (Lipinski definition) is 4. The Kier molecular flexibility index (Phi) is 3.91. The summed E-state index contributed by atoms with van der Waals surface area (Å²) >= 11 is 0. The summed E-state index contributed by atoms with van der Waals surface area (Å²) in [7, 11) is 0. The average Bonchev–Trinajstić information content (AvgIpc) is 3.11. The van der Waals surface area contributed by atoms with Crippen LogP contribution in [0.2, 0.25) is 0 Å². The molecule has 0 amide bonds. The van der Waals surface area contributed by atoms with Gasteiger partial charge in [-0.25, -0.2) is 6.57 Å². The molecule has 2 spiro atoms. The van der Waals surface area contributed by atoms with Gasteiger partial charge in [0, 0.05) is 39.0 Å². The van der Waals surface area contributed by atoms with Gasteiger partial charge in [0.2, 0.25) is 6.04 Å². The molecule has 0 aromatic rings. The van der Waals surface area contributed by atoms with Crippen molar-refractivity contribution >= 4 is 0 Å². The fourth-order valence-corrected chi connectivity index (χ4v) is 5.93. The van der Waals surface area contributed by atoms with Gasteiger partial charge in [0.25, 0.3) is 0 Å². The molecule has 0 aromatic heterocycles. The van der Waals surface area contributed by atoms with Gasteiger partial charge in [0.05, 0.1) is 30.0 Å². The molecule has 138 valence electrons. The molecule has 0 N–H and O–H groups in total. The van der Waals surface area contributed by atoms with Gasteiger partial charge in [-0.1, -0.05) is 6.42 Å². The first-order valence-corrected chi connectivity index (χ1v) is 10.2. The summed E-state index contributed by atoms with van der Waals surface area (Å²) in [6.07, 6.45) is 11.1. The van der Waals surface area contributed by atoms with Crippen molar-refractivity contribution in [3.63, 3.8) is 0 Å². The molecule has 5 nitrogen and oxygen atoms in total. The first-order valence-electron chi connectivity index (χ1n) is 10.2. The Hall–Kier alpha value is -0.670. The van der Waals surface area contributed by atoms with Crippen molar-refractivity contribution < 1.29 is 18.9 Å². The second-order valence-corrected chi connectivity index (χ2v) is 8.88. The maximum atomic E-state index is 7.23. The summed E-state index contributed by atoms with van der Waals surface area (Å²) in [5.74, 6) is -0.347. The Morgan fingerprint density at radius 1 is 1.04 bits per heavy atom. The number of nitrogens with zero attached hydrogens (tertiary/aromatic N) is 1. The molecule has 0 unspecified atom stereocenters. The summed E-state index contributed by atoms with van der Waals surface area (Å²) in [5.41, 5.74) is -0.208. The van der Waals surface area contributed by atoms with Crippen molar-refractivity contribution in [3.8, 4) is 0 Å². The number of hydrogen-bond donors (Lipinski definition) is 0. The van der Waals surface area contributed by atoms with E-state index in [-0.39, 0.29) is 47.9 Å². The number of rotatable bonds is 2. The van der Waals surface area contributed by atoms with Crippen molar-refractivity contribution in [2.24, 2.45) is 0 Å². The highest BCUT2D eigenvalue weighted by Crippen LogP contribution is 2.55. The molecule has 5 aliphatic rings. The van der Waals surface area contributed by atoms with E-state index in [4.69, 9.17) is 25.5 Å². The third-order valence-corrected chi connectivity index (χ3v) is 7.06. The predicted molar refractivity (Wildman–Crippen MR) is 91.0 cm³/mol. The maximum Gasteiger partial charge on any atom is 0.223 e. The van der Waals surface area contributed by atoms with Crippen LogP contribution in [-0.4, -0.2) is 47.9 Å². The van der Waals surface area contributed by atoms with Crippen LogP contribution in [0.5, 0.6) is 0 Å². The van der Waals surface area contributed by atoms with Gasteiger partial charge in [-0.15, -0.1) is 0 Å². The van der Waals surface area contributed by atoms with Crippen molar-refractivity contribution in [2.75, 3.05) is 0 Å². The van der Waals surface area contributed by atoms with E-state index in [0.717, 1.165) is 44.9 Å². The molecule has 3 heterocycles. The predicted octanol–water partition coefficient (Wildman–Crippen LogP) is 3.61. The molecule has 2 bridgehead atoms. The molecule has 0 aromatic carbocycles. The minimum Gasteiger partial charge on any atom is -0.369 e. The van der Waals surface area contributed by atoms with Gasteiger partial charge < -0.3 is 23.8 Å². The Labute approximate surface area is 150 Å². The van der Waals surface area contributed by atoms with Gasteiger partial charge in [-0.05, 0) is 25.7 Å². The second-order valence-electron chi connectivity index (χ2n) is 8.88. The molecule has 3 saturated heterocycles. The molecule has 5 rings (SSSR count). The van der Waals surface area contributed by atoms with Crippen molar-refractivity contribution in [1.29, 1.82) is 0 Å². The zero-order chi connectivity index (χ0) is 17.1. The van der Waals surface area contributed by atoms with E-state index < -0.39 is 0 Å². The van der Waals surface area contributed by atoms with Crippen LogP contribution in [0.15, 0.2) is 0 Å². The minimum absolute atomic E-state index is 0.0315. The molecule has 0 radical (unpaired) electrons. The fraction of sp³-hybridized carbons (Fsp3) is 0.950. The second kappa shape index (κ2) is 5.92. The minimum atomic E-state index is -0.347. The van der Waals surface area contributed by atoms with Crippen molar-refractivity contribution in [2.45, 2.75) is 119 Å². The van der Waals surface area contributed by atoms with Crippen LogP contribution >= 0.6 is 0 Å². The van der Waals surface area contributed by atoms with Crippen molar-refractivity contribution in [3.05, 3.63) is 11.4 Å². The lowest BCUT2D eigenvalue weighted by Crippen LogP contribution is -2.53. The molecule has 7 atom stereocenters. The van der Waals surface area contributed by atoms with E-state index in [1.54, 1.807) is 0 Å². The van der Waals surface area contributed by atoms with E-state index in [1.807, 2.05) is 6.92 Å². The summed E-state index contributed by atoms with van der Waals surface area (Å²) in [5, 5.41) is 0. The Morgan fingerprint density at radius 2 is 1.84 bits per heavy atom. The highest BCUT2D eigenvalue weighted by atomic mass is 16.8. The number of ether oxygens (including phenoxy) is 4. The van der Waals surface area contributed by atoms with Gasteiger partial charge >= 0.3 is 0 Å². The molecule has 5 fully saturated rings. The van der Waals surface area contributed by atoms with E-state index >= 15 is 0 Å². The van der Waals surface area contributed by atoms with Gasteiger partial charge in [0.15, 0.2) is 5.79 Å². The van der Waals surface area contributed by atoms with Crippen LogP contribution in [-0.2, 0) is 18.9 Å². The topological polar surface area (TPSA) is 41.3 Å². The van der Waals surface area contributed by atoms with Crippen LogP contribution in [0, 0.1) is 6.57 Å². The first-order chi connectivity index (χ1) is 12.1. The van der Waals surface area contributed by atoms with Crippen molar-refractivity contribution in [1.82, 2.24) is 0 Å². The molecular weight excluding hydrogens is 318 g/mol. The normalized spacial score (nSPS) is 48.6. The molecule has 2 saturated carbocycles. The van der Waals surface area contributed by atoms with Gasteiger partial charge in [-0.3, -0.25) is 0 Å². The first kappa shape index (κ1) is 16.5. The monoisotopic (exact) mass is 347 g/mol. The van der Waals surface area contributed by atoms with E-state index in [0.29, 0.717) is 0 Å². The lowest BCUT2D eigenvalue weighted by molar-refractivity contribution is -0.215. The van der Waals surface area contributed by atoms with Gasteiger partial charge in [-0.2, -0.15) is 0 Å². The fourth-order valence-electron chi connectivity index (χ4n) is 5.93. The molecular formula is C20H29NO4. The lowest BCUT2D eigenvalue weighted by Gasteiger charge is -2.44. The smallest absolute Gasteiger partial charge is 0.223 e. The quantitative estimate of drug-likeness (QED) is 0.716. The molecule has 25 heavy (non-hydrogen) atoms. The molecule has 5 heteroatoms. The lowest BCUT2D eigenvalue weighted by atomic mass is 9.76. The molecule has 3 aliphatic heterocycles. The molecule has 2 aliphatic carbocycles. The van der Waals surface area contributed by atoms with Crippen LogP contribution in [0.3, 0.4) is 0 Å². The summed E-state index contributed by atoms with van der Waals surface area (Å²) in [6, 6.07) is 0.0315. The summed E-state index contributed by atoms with van der Waals surface area (Å²) in [4.78, 5) is 3.65. The number of fused-ring (bicyclic) bond motifs is 3. The summed E-state index contributed by atoms with van der Waals surface area (Å²) < 4.78 is 26.1. The third-order valence-electron chi connectivity index (χ3n) is 7.06. The zero-order valence-electron chi connectivity index (χ0n) is 15.1. The maximum absolute atomic E-state index is 7.23. The van der Waals surface area contributed by atoms with Crippen LogP contribution in [0.4, 0.5) is 0 Å². The highest BCUT2D eigenvalue weighted by molar-refractivity contribution is 5.12. The Balaban J connectivity index is 1.33. The highest BCUT2D eigenvalue weighted by Gasteiger charge is 2.65. The zero-order valence-corrected chi connectivity index (χ0v) is 15.1. The summed E-state index contributed by atoms with van der Waals surface area (Å²) in [6.45, 7) is 9.22. The third kappa shape index (κ3) is 2.65. The SMILES string of the molecule is [C-]#[N+][C@H](C)C[C@H]1CC[C@@H]2O[C@@H]3C[C@]2(C[C@H]2OC4(CCCCC4)O[C@@H]32)O1. The van der Waals surface area contributed by atoms with E-state index in [1.165, 1.54) is 19.3 Å². The largest absolute Gasteiger partial charge is 0.369 e. The van der Waals surface area contributed by atoms with Crippen LogP contribution in [0.25, 0.3) is 4.85 Å². The van der Waals surface area contributed by atoms with E-state index in [9.17, 15) is 0 Å². The Bertz CT molecular complexity index is 569. The van der Waals surface area contributed by atoms with E-state index in [2.05, 4.69) is 4.85 Å². The Morgan fingerprint density at radius 3 is 2.64 bits per heavy atom.